The van der Waals surface area contributed by atoms with Crippen molar-refractivity contribution >= 4 is 43.4 Å². The molecule has 1 heterocycles. The minimum Gasteiger partial charge on any atom is -0.325 e. The fourth-order valence-corrected chi connectivity index (χ4v) is 4.77. The highest BCUT2D eigenvalue weighted by Crippen LogP contribution is 2.21. The van der Waals surface area contributed by atoms with E-state index in [2.05, 4.69) is 20.0 Å². The van der Waals surface area contributed by atoms with Gasteiger partial charge in [-0.15, -0.1) is 0 Å². The van der Waals surface area contributed by atoms with Crippen molar-refractivity contribution in [3.63, 3.8) is 0 Å². The third-order valence-electron chi connectivity index (χ3n) is 5.05. The highest BCUT2D eigenvalue weighted by Gasteiger charge is 2.28. The molecule has 0 radical (unpaired) electrons. The number of amides is 1. The van der Waals surface area contributed by atoms with E-state index in [-0.39, 0.29) is 16.5 Å². The van der Waals surface area contributed by atoms with Gasteiger partial charge in [0, 0.05) is 5.69 Å². The van der Waals surface area contributed by atoms with Gasteiger partial charge in [0.25, 0.3) is 0 Å². The summed E-state index contributed by atoms with van der Waals surface area (Å²) in [6.45, 7) is 3.53. The lowest BCUT2D eigenvalue weighted by molar-refractivity contribution is -0.118. The molecule has 8 nitrogen and oxygen atoms in total. The minimum atomic E-state index is -3.93. The normalized spacial score (nSPS) is 13.0. The number of fused-ring (bicyclic) bond motifs is 2. The maximum atomic E-state index is 13.0. The first-order chi connectivity index (χ1) is 14.7. The Kier molecular flexibility index (Phi) is 5.38. The summed E-state index contributed by atoms with van der Waals surface area (Å²) in [7, 11) is -3.93. The Labute approximate surface area is 178 Å². The van der Waals surface area contributed by atoms with Crippen LogP contribution < -0.4 is 15.7 Å². The Bertz CT molecular complexity index is 1440. The monoisotopic (exact) mass is 438 g/mol. The van der Waals surface area contributed by atoms with Gasteiger partial charge < -0.3 is 15.3 Å². The molecule has 3 aromatic carbocycles. The van der Waals surface area contributed by atoms with Gasteiger partial charge in [0.1, 0.15) is 6.04 Å². The number of sulfonamides is 1. The van der Waals surface area contributed by atoms with Crippen molar-refractivity contribution in [2.75, 3.05) is 5.32 Å². The summed E-state index contributed by atoms with van der Waals surface area (Å²) in [5.41, 5.74) is 1.26. The number of hydrogen-bond acceptors (Lipinski definition) is 4. The molecule has 0 fully saturated rings. The van der Waals surface area contributed by atoms with Gasteiger partial charge in [0.15, 0.2) is 0 Å². The second-order valence-corrected chi connectivity index (χ2v) is 9.39. The number of carbonyl (C=O) groups is 1. The zero-order valence-electron chi connectivity index (χ0n) is 17.0. The van der Waals surface area contributed by atoms with Crippen LogP contribution in [-0.2, 0) is 14.8 Å². The molecule has 1 atom stereocenters. The highest BCUT2D eigenvalue weighted by atomic mass is 32.2. The van der Waals surface area contributed by atoms with E-state index in [1.54, 1.807) is 44.2 Å². The van der Waals surface area contributed by atoms with Crippen molar-refractivity contribution in [2.45, 2.75) is 24.8 Å². The van der Waals surface area contributed by atoms with Crippen molar-refractivity contribution in [2.24, 2.45) is 5.92 Å². The van der Waals surface area contributed by atoms with Gasteiger partial charge in [-0.05, 0) is 47.0 Å². The first-order valence-corrected chi connectivity index (χ1v) is 11.3. The van der Waals surface area contributed by atoms with Crippen LogP contribution in [0.5, 0.6) is 0 Å². The van der Waals surface area contributed by atoms with Crippen LogP contribution in [-0.4, -0.2) is 30.3 Å². The third-order valence-corrected chi connectivity index (χ3v) is 6.48. The molecule has 0 spiro atoms. The standard InChI is InChI=1S/C22H22N4O4S/c1-13(2)20(21(27)23-16-8-10-18-19(12-16)25-22(28)24-18)26-31(29,30)17-9-7-14-5-3-4-6-15(14)11-17/h3-13,20,26H,1-2H3,(H,23,27)(H2,24,25,28)/t20-/m1/s1. The fourth-order valence-electron chi connectivity index (χ4n) is 3.39. The van der Waals surface area contributed by atoms with Crippen LogP contribution in [0.2, 0.25) is 0 Å². The number of carbonyl (C=O) groups excluding carboxylic acids is 1. The largest absolute Gasteiger partial charge is 0.325 e. The number of rotatable bonds is 6. The predicted octanol–water partition coefficient (Wildman–Crippen LogP) is 2.95. The molecule has 160 valence electrons. The topological polar surface area (TPSA) is 124 Å². The molecule has 1 amide bonds. The SMILES string of the molecule is CC(C)[C@@H](NS(=O)(=O)c1ccc2ccccc2c1)C(=O)Nc1ccc2[nH]c(=O)[nH]c2c1. The molecule has 0 bridgehead atoms. The smallest absolute Gasteiger partial charge is 0.323 e. The number of aromatic amines is 2. The summed E-state index contributed by atoms with van der Waals surface area (Å²) in [4.78, 5) is 29.7. The zero-order chi connectivity index (χ0) is 22.2. The van der Waals surface area contributed by atoms with Gasteiger partial charge in [-0.2, -0.15) is 4.72 Å². The second kappa shape index (κ2) is 8.01. The van der Waals surface area contributed by atoms with Gasteiger partial charge in [0.2, 0.25) is 15.9 Å². The van der Waals surface area contributed by atoms with Gasteiger partial charge in [-0.1, -0.05) is 44.2 Å². The quantitative estimate of drug-likeness (QED) is 0.369. The maximum absolute atomic E-state index is 13.0. The van der Waals surface area contributed by atoms with Crippen LogP contribution in [0, 0.1) is 5.92 Å². The number of hydrogen-bond donors (Lipinski definition) is 4. The van der Waals surface area contributed by atoms with Crippen molar-refractivity contribution in [3.05, 3.63) is 71.1 Å². The molecule has 4 rings (SSSR count). The fraction of sp³-hybridized carbons (Fsp3) is 0.182. The molecular weight excluding hydrogens is 416 g/mol. The summed E-state index contributed by atoms with van der Waals surface area (Å²) in [5, 5.41) is 4.45. The molecule has 9 heteroatoms. The first kappa shape index (κ1) is 20.8. The first-order valence-electron chi connectivity index (χ1n) is 9.77. The van der Waals surface area contributed by atoms with E-state index in [4.69, 9.17) is 0 Å². The lowest BCUT2D eigenvalue weighted by Gasteiger charge is -2.22. The van der Waals surface area contributed by atoms with Gasteiger partial charge in [-0.25, -0.2) is 13.2 Å². The molecule has 0 aliphatic rings. The molecule has 0 aliphatic carbocycles. The van der Waals surface area contributed by atoms with E-state index >= 15 is 0 Å². The molecule has 4 aromatic rings. The Morgan fingerprint density at radius 3 is 2.35 bits per heavy atom. The minimum absolute atomic E-state index is 0.0935. The number of aromatic nitrogens is 2. The second-order valence-electron chi connectivity index (χ2n) is 7.68. The van der Waals surface area contributed by atoms with Crippen molar-refractivity contribution in [3.8, 4) is 0 Å². The molecule has 0 aliphatic heterocycles. The summed E-state index contributed by atoms with van der Waals surface area (Å²) in [6, 6.07) is 16.2. The molecule has 4 N–H and O–H groups in total. The predicted molar refractivity (Wildman–Crippen MR) is 120 cm³/mol. The van der Waals surface area contributed by atoms with Crippen LogP contribution in [0.4, 0.5) is 5.69 Å². The molecule has 0 unspecified atom stereocenters. The van der Waals surface area contributed by atoms with E-state index in [9.17, 15) is 18.0 Å². The van der Waals surface area contributed by atoms with Crippen LogP contribution in [0.1, 0.15) is 13.8 Å². The van der Waals surface area contributed by atoms with E-state index in [1.165, 1.54) is 6.07 Å². The molecule has 1 aromatic heterocycles. The van der Waals surface area contributed by atoms with Crippen molar-refractivity contribution < 1.29 is 13.2 Å². The Balaban J connectivity index is 1.57. The van der Waals surface area contributed by atoms with E-state index < -0.39 is 22.0 Å². The summed E-state index contributed by atoms with van der Waals surface area (Å²) < 4.78 is 28.5. The van der Waals surface area contributed by atoms with E-state index in [0.29, 0.717) is 16.7 Å². The van der Waals surface area contributed by atoms with Crippen LogP contribution >= 0.6 is 0 Å². The summed E-state index contributed by atoms with van der Waals surface area (Å²) >= 11 is 0. The Morgan fingerprint density at radius 1 is 0.903 bits per heavy atom. The molecule has 0 saturated heterocycles. The average molecular weight is 439 g/mol. The van der Waals surface area contributed by atoms with Crippen LogP contribution in [0.25, 0.3) is 21.8 Å². The third kappa shape index (κ3) is 4.37. The van der Waals surface area contributed by atoms with Crippen molar-refractivity contribution in [1.82, 2.24) is 14.7 Å². The highest BCUT2D eigenvalue weighted by molar-refractivity contribution is 7.89. The number of nitrogens with one attached hydrogen (secondary N) is 4. The summed E-state index contributed by atoms with van der Waals surface area (Å²) in [6.07, 6.45) is 0. The lowest BCUT2D eigenvalue weighted by atomic mass is 10.0. The number of benzene rings is 3. The molecule has 31 heavy (non-hydrogen) atoms. The summed E-state index contributed by atoms with van der Waals surface area (Å²) in [5.74, 6) is -0.789. The molecule has 0 saturated carbocycles. The maximum Gasteiger partial charge on any atom is 0.323 e. The van der Waals surface area contributed by atoms with Gasteiger partial charge >= 0.3 is 5.69 Å². The molecular formula is C22H22N4O4S. The van der Waals surface area contributed by atoms with Crippen LogP contribution in [0.3, 0.4) is 0 Å². The number of H-pyrrole nitrogens is 2. The lowest BCUT2D eigenvalue weighted by Crippen LogP contribution is -2.47. The van der Waals surface area contributed by atoms with E-state index in [1.807, 2.05) is 24.3 Å². The number of anilines is 1. The Hall–Kier alpha value is -3.43. The number of imidazole rings is 1. The zero-order valence-corrected chi connectivity index (χ0v) is 17.8. The van der Waals surface area contributed by atoms with E-state index in [0.717, 1.165) is 10.8 Å². The van der Waals surface area contributed by atoms with Crippen LogP contribution in [0.15, 0.2) is 70.4 Å². The average Bonchev–Trinajstić information content (AvgIpc) is 3.10. The Morgan fingerprint density at radius 2 is 1.61 bits per heavy atom. The van der Waals surface area contributed by atoms with Gasteiger partial charge in [0.05, 0.1) is 15.9 Å². The van der Waals surface area contributed by atoms with Crippen molar-refractivity contribution in [1.29, 1.82) is 0 Å². The van der Waals surface area contributed by atoms with Gasteiger partial charge in [-0.3, -0.25) is 4.79 Å².